The molecule has 0 radical (unpaired) electrons. The number of pyridine rings is 1. The first kappa shape index (κ1) is 24.6. The zero-order valence-corrected chi connectivity index (χ0v) is 21.8. The summed E-state index contributed by atoms with van der Waals surface area (Å²) in [5, 5.41) is 12.4. The average molecular weight is 537 g/mol. The number of aromatic amines is 1. The fourth-order valence-corrected chi connectivity index (χ4v) is 6.54. The lowest BCUT2D eigenvalue weighted by atomic mass is 9.61. The van der Waals surface area contributed by atoms with Crippen molar-refractivity contribution in [1.29, 1.82) is 0 Å². The third-order valence-electron chi connectivity index (χ3n) is 9.06. The highest BCUT2D eigenvalue weighted by Crippen LogP contribution is 2.56. The van der Waals surface area contributed by atoms with Crippen LogP contribution in [0.3, 0.4) is 0 Å². The largest absolute Gasteiger partial charge is 0.353 e. The van der Waals surface area contributed by atoms with Crippen LogP contribution in [-0.2, 0) is 19.0 Å². The van der Waals surface area contributed by atoms with Crippen molar-refractivity contribution in [3.05, 3.63) is 75.9 Å². The fourth-order valence-electron chi connectivity index (χ4n) is 6.54. The zero-order chi connectivity index (χ0) is 27.0. The molecule has 7 nitrogen and oxygen atoms in total. The van der Waals surface area contributed by atoms with Gasteiger partial charge in [0.1, 0.15) is 24.3 Å². The highest BCUT2D eigenvalue weighted by atomic mass is 19.3. The minimum absolute atomic E-state index is 0.201. The van der Waals surface area contributed by atoms with E-state index >= 15 is 0 Å². The minimum Gasteiger partial charge on any atom is -0.353 e. The highest BCUT2D eigenvalue weighted by Gasteiger charge is 2.60. The highest BCUT2D eigenvalue weighted by molar-refractivity contribution is 5.84. The Bertz CT molecular complexity index is 1610. The molecular formula is C29H31F3N6O. The van der Waals surface area contributed by atoms with Crippen LogP contribution < -0.4 is 10.9 Å². The number of nitrogens with zero attached hydrogens (tertiary/aromatic N) is 4. The molecular weight excluding hydrogens is 505 g/mol. The van der Waals surface area contributed by atoms with E-state index in [4.69, 9.17) is 0 Å². The van der Waals surface area contributed by atoms with Crippen molar-refractivity contribution < 1.29 is 13.2 Å². The van der Waals surface area contributed by atoms with E-state index in [0.29, 0.717) is 35.1 Å². The number of benzene rings is 1. The molecule has 0 spiro atoms. The van der Waals surface area contributed by atoms with Crippen LogP contribution in [0.5, 0.6) is 0 Å². The molecule has 3 fully saturated rings. The topological polar surface area (TPSA) is 80.5 Å². The van der Waals surface area contributed by atoms with Crippen molar-refractivity contribution >= 4 is 10.9 Å². The normalized spacial score (nSPS) is 21.0. The number of rotatable bonds is 8. The van der Waals surface area contributed by atoms with E-state index < -0.39 is 23.6 Å². The summed E-state index contributed by atoms with van der Waals surface area (Å²) in [5.41, 5.74) is 2.16. The van der Waals surface area contributed by atoms with Gasteiger partial charge in [0.2, 0.25) is 0 Å². The summed E-state index contributed by atoms with van der Waals surface area (Å²) in [6.07, 6.45) is 7.50. The molecule has 2 N–H and O–H groups in total. The van der Waals surface area contributed by atoms with Crippen molar-refractivity contribution in [2.24, 2.45) is 7.05 Å². The van der Waals surface area contributed by atoms with Crippen molar-refractivity contribution in [2.75, 3.05) is 6.67 Å². The number of hydrogen-bond acceptors (Lipinski definition) is 4. The molecule has 0 saturated heterocycles. The van der Waals surface area contributed by atoms with Crippen molar-refractivity contribution in [1.82, 2.24) is 29.6 Å². The van der Waals surface area contributed by atoms with Crippen LogP contribution in [0.15, 0.2) is 47.7 Å². The molecule has 1 aromatic carbocycles. The molecule has 0 amide bonds. The standard InChI is InChI=1S/C29H31F3N6O/c1-37-17-34-36-26(37)28(14-29(31,32)15-28)19-4-2-5-21(10-19)38-13-23(18-6-7-18)22-11-20(35-24(22)25(38)39)12-33-27(16-30)8-3-9-27/h2,4-5,10-11,13,17-18,33,35H,3,6-9,12,14-16H2,1H3. The predicted molar refractivity (Wildman–Crippen MR) is 141 cm³/mol. The Kier molecular flexibility index (Phi) is 5.40. The van der Waals surface area contributed by atoms with Gasteiger partial charge in [-0.25, -0.2) is 13.2 Å². The Morgan fingerprint density at radius 3 is 2.59 bits per heavy atom. The van der Waals surface area contributed by atoms with Gasteiger partial charge in [-0.05, 0) is 67.3 Å². The summed E-state index contributed by atoms with van der Waals surface area (Å²) in [5.74, 6) is -1.92. The Balaban J connectivity index is 1.29. The lowest BCUT2D eigenvalue weighted by molar-refractivity contribution is -0.116. The smallest absolute Gasteiger partial charge is 0.279 e. The number of aryl methyl sites for hydroxylation is 1. The van der Waals surface area contributed by atoms with Crippen LogP contribution in [-0.4, -0.2) is 42.5 Å². The molecule has 3 saturated carbocycles. The van der Waals surface area contributed by atoms with Gasteiger partial charge in [0.15, 0.2) is 0 Å². The van der Waals surface area contributed by atoms with E-state index in [2.05, 4.69) is 20.5 Å². The second-order valence-electron chi connectivity index (χ2n) is 11.8. The number of H-pyrrole nitrogens is 1. The Labute approximate surface area is 223 Å². The van der Waals surface area contributed by atoms with Gasteiger partial charge in [-0.1, -0.05) is 12.1 Å². The summed E-state index contributed by atoms with van der Waals surface area (Å²) < 4.78 is 45.5. The number of fused-ring (bicyclic) bond motifs is 1. The molecule has 0 unspecified atom stereocenters. The van der Waals surface area contributed by atoms with Crippen molar-refractivity contribution in [3.63, 3.8) is 0 Å². The molecule has 204 valence electrons. The molecule has 39 heavy (non-hydrogen) atoms. The molecule has 0 aliphatic heterocycles. The van der Waals surface area contributed by atoms with Gasteiger partial charge in [-0.15, -0.1) is 10.2 Å². The summed E-state index contributed by atoms with van der Waals surface area (Å²) in [6.45, 7) is 0.0670. The third kappa shape index (κ3) is 3.94. The van der Waals surface area contributed by atoms with E-state index in [-0.39, 0.29) is 18.4 Å². The quantitative estimate of drug-likeness (QED) is 0.331. The maximum atomic E-state index is 14.3. The van der Waals surface area contributed by atoms with E-state index in [0.717, 1.165) is 48.7 Å². The third-order valence-corrected chi connectivity index (χ3v) is 9.06. The lowest BCUT2D eigenvalue weighted by Crippen LogP contribution is -2.52. The number of halogens is 3. The molecule has 3 aliphatic rings. The summed E-state index contributed by atoms with van der Waals surface area (Å²) in [7, 11) is 1.76. The van der Waals surface area contributed by atoms with E-state index in [1.54, 1.807) is 16.2 Å². The molecule has 7 rings (SSSR count). The lowest BCUT2D eigenvalue weighted by Gasteiger charge is -2.46. The first-order valence-corrected chi connectivity index (χ1v) is 13.6. The molecule has 3 aromatic heterocycles. The number of hydrogen-bond donors (Lipinski definition) is 2. The van der Waals surface area contributed by atoms with Gasteiger partial charge in [-0.3, -0.25) is 9.36 Å². The first-order chi connectivity index (χ1) is 18.7. The van der Waals surface area contributed by atoms with Crippen LogP contribution >= 0.6 is 0 Å². The van der Waals surface area contributed by atoms with Crippen LogP contribution in [0.1, 0.15) is 73.5 Å². The first-order valence-electron chi connectivity index (χ1n) is 13.6. The van der Waals surface area contributed by atoms with Gasteiger partial charge < -0.3 is 14.9 Å². The molecule has 0 atom stereocenters. The van der Waals surface area contributed by atoms with E-state index in [9.17, 15) is 18.0 Å². The Morgan fingerprint density at radius 1 is 1.18 bits per heavy atom. The monoisotopic (exact) mass is 536 g/mol. The minimum atomic E-state index is -2.79. The second kappa shape index (κ2) is 8.55. The fraction of sp³-hybridized carbons (Fsp3) is 0.483. The van der Waals surface area contributed by atoms with Crippen LogP contribution in [0.2, 0.25) is 0 Å². The Hall–Kier alpha value is -3.40. The van der Waals surface area contributed by atoms with E-state index in [1.807, 2.05) is 36.5 Å². The SMILES string of the molecule is Cn1cnnc1C1(c2cccc(-n3cc(C4CC4)c4cc(CNC5(CF)CCC5)[nH]c4c3=O)c2)CC(F)(F)C1. The summed E-state index contributed by atoms with van der Waals surface area (Å²) >= 11 is 0. The molecule has 10 heteroatoms. The number of alkyl halides is 3. The predicted octanol–water partition coefficient (Wildman–Crippen LogP) is 5.02. The summed E-state index contributed by atoms with van der Waals surface area (Å²) in [4.78, 5) is 17.1. The van der Waals surface area contributed by atoms with Crippen molar-refractivity contribution in [2.45, 2.75) is 74.3 Å². The summed E-state index contributed by atoms with van der Waals surface area (Å²) in [6, 6.07) is 9.33. The van der Waals surface area contributed by atoms with Gasteiger partial charge >= 0.3 is 0 Å². The molecule has 3 aliphatic carbocycles. The maximum Gasteiger partial charge on any atom is 0.279 e. The van der Waals surface area contributed by atoms with Crippen LogP contribution in [0.4, 0.5) is 13.2 Å². The number of aromatic nitrogens is 5. The molecule has 0 bridgehead atoms. The maximum absolute atomic E-state index is 14.3. The zero-order valence-electron chi connectivity index (χ0n) is 21.8. The van der Waals surface area contributed by atoms with Gasteiger partial charge in [0.25, 0.3) is 11.5 Å². The van der Waals surface area contributed by atoms with Gasteiger partial charge in [-0.2, -0.15) is 0 Å². The molecule has 4 aromatic rings. The molecule has 3 heterocycles. The van der Waals surface area contributed by atoms with Gasteiger partial charge in [0.05, 0.1) is 5.41 Å². The van der Waals surface area contributed by atoms with Crippen LogP contribution in [0, 0.1) is 0 Å². The Morgan fingerprint density at radius 2 is 1.97 bits per heavy atom. The van der Waals surface area contributed by atoms with Crippen LogP contribution in [0.25, 0.3) is 16.6 Å². The number of nitrogens with one attached hydrogen (secondary N) is 2. The average Bonchev–Trinajstić information content (AvgIpc) is 3.48. The van der Waals surface area contributed by atoms with Crippen molar-refractivity contribution in [3.8, 4) is 5.69 Å². The second-order valence-corrected chi connectivity index (χ2v) is 11.8. The van der Waals surface area contributed by atoms with Gasteiger partial charge in [0, 0.05) is 54.9 Å². The van der Waals surface area contributed by atoms with E-state index in [1.165, 1.54) is 6.33 Å².